The lowest BCUT2D eigenvalue weighted by molar-refractivity contribution is 0.414. The van der Waals surface area contributed by atoms with Gasteiger partial charge in [0, 0.05) is 10.5 Å². The van der Waals surface area contributed by atoms with Gasteiger partial charge in [-0.2, -0.15) is 0 Å². The lowest BCUT2D eigenvalue weighted by Gasteiger charge is -2.15. The van der Waals surface area contributed by atoms with Crippen molar-refractivity contribution in [1.82, 2.24) is 4.72 Å². The molecule has 0 aromatic heterocycles. The first-order valence-electron chi connectivity index (χ1n) is 6.34. The fourth-order valence-electron chi connectivity index (χ4n) is 1.90. The highest BCUT2D eigenvalue weighted by Gasteiger charge is 2.18. The molecule has 1 N–H and O–H groups in total. The third-order valence-electron chi connectivity index (χ3n) is 3.05. The summed E-state index contributed by atoms with van der Waals surface area (Å²) in [5.74, 6) is 0.619. The summed E-state index contributed by atoms with van der Waals surface area (Å²) in [5.41, 5.74) is 0.890. The standard InChI is InChI=1S/C15H16BrNO3S/c1-11(12-4-3-5-13(16)10-12)17-21(18,19)15-8-6-14(20-2)7-9-15/h3-11,17H,1-2H3/t11-/m0/s1. The Morgan fingerprint density at radius 2 is 1.81 bits per heavy atom. The van der Waals surface area contributed by atoms with E-state index in [0.717, 1.165) is 10.0 Å². The second-order valence-corrected chi connectivity index (χ2v) is 7.20. The first-order valence-corrected chi connectivity index (χ1v) is 8.62. The molecule has 0 saturated carbocycles. The molecule has 0 amide bonds. The quantitative estimate of drug-likeness (QED) is 0.877. The fraction of sp³-hybridized carbons (Fsp3) is 0.200. The van der Waals surface area contributed by atoms with Gasteiger partial charge in [0.25, 0.3) is 0 Å². The SMILES string of the molecule is COc1ccc(S(=O)(=O)N[C@@H](C)c2cccc(Br)c2)cc1. The van der Waals surface area contributed by atoms with Crippen LogP contribution in [0.25, 0.3) is 0 Å². The number of nitrogens with one attached hydrogen (secondary N) is 1. The molecule has 0 aliphatic carbocycles. The third kappa shape index (κ3) is 4.06. The highest BCUT2D eigenvalue weighted by Crippen LogP contribution is 2.21. The highest BCUT2D eigenvalue weighted by atomic mass is 79.9. The summed E-state index contributed by atoms with van der Waals surface area (Å²) >= 11 is 3.38. The summed E-state index contributed by atoms with van der Waals surface area (Å²) in [5, 5.41) is 0. The van der Waals surface area contributed by atoms with Crippen molar-refractivity contribution in [3.05, 3.63) is 58.6 Å². The zero-order valence-electron chi connectivity index (χ0n) is 11.7. The number of methoxy groups -OCH3 is 1. The molecule has 0 bridgehead atoms. The van der Waals surface area contributed by atoms with E-state index in [2.05, 4.69) is 20.7 Å². The van der Waals surface area contributed by atoms with Crippen LogP contribution in [0.15, 0.2) is 57.9 Å². The highest BCUT2D eigenvalue weighted by molar-refractivity contribution is 9.10. The molecule has 1 atom stereocenters. The van der Waals surface area contributed by atoms with Crippen LogP contribution in [0.3, 0.4) is 0 Å². The van der Waals surface area contributed by atoms with E-state index < -0.39 is 10.0 Å². The van der Waals surface area contributed by atoms with Gasteiger partial charge in [-0.05, 0) is 48.9 Å². The Morgan fingerprint density at radius 3 is 2.38 bits per heavy atom. The second kappa shape index (κ2) is 6.60. The van der Waals surface area contributed by atoms with Crippen LogP contribution >= 0.6 is 15.9 Å². The average Bonchev–Trinajstić information content (AvgIpc) is 2.47. The number of ether oxygens (including phenoxy) is 1. The zero-order chi connectivity index (χ0) is 15.5. The molecule has 6 heteroatoms. The number of hydrogen-bond donors (Lipinski definition) is 1. The molecule has 2 aromatic carbocycles. The molecule has 21 heavy (non-hydrogen) atoms. The van der Waals surface area contributed by atoms with Crippen molar-refractivity contribution in [1.29, 1.82) is 0 Å². The van der Waals surface area contributed by atoms with Crippen LogP contribution in [-0.2, 0) is 10.0 Å². The Kier molecular flexibility index (Phi) is 5.03. The first-order chi connectivity index (χ1) is 9.92. The van der Waals surface area contributed by atoms with Gasteiger partial charge >= 0.3 is 0 Å². The van der Waals surface area contributed by atoms with Crippen LogP contribution in [-0.4, -0.2) is 15.5 Å². The molecular weight excluding hydrogens is 354 g/mol. The van der Waals surface area contributed by atoms with Crippen LogP contribution in [0.5, 0.6) is 5.75 Å². The van der Waals surface area contributed by atoms with Gasteiger partial charge in [-0.15, -0.1) is 0 Å². The summed E-state index contributed by atoms with van der Waals surface area (Å²) in [7, 11) is -2.03. The van der Waals surface area contributed by atoms with Crippen molar-refractivity contribution >= 4 is 26.0 Å². The van der Waals surface area contributed by atoms with E-state index in [-0.39, 0.29) is 10.9 Å². The Bertz CT molecular complexity index is 714. The van der Waals surface area contributed by atoms with Crippen LogP contribution in [0.1, 0.15) is 18.5 Å². The van der Waals surface area contributed by atoms with Crippen molar-refractivity contribution in [2.24, 2.45) is 0 Å². The molecule has 0 radical (unpaired) electrons. The number of halogens is 1. The van der Waals surface area contributed by atoms with Crippen molar-refractivity contribution < 1.29 is 13.2 Å². The Hall–Kier alpha value is -1.37. The summed E-state index contributed by atoms with van der Waals surface area (Å²) in [4.78, 5) is 0.213. The Balaban J connectivity index is 2.20. The first kappa shape index (κ1) is 16.0. The molecule has 0 unspecified atom stereocenters. The summed E-state index contributed by atoms with van der Waals surface area (Å²) in [6.07, 6.45) is 0. The molecule has 0 aliphatic rings. The minimum absolute atomic E-state index is 0.213. The summed E-state index contributed by atoms with van der Waals surface area (Å²) in [6, 6.07) is 13.5. The van der Waals surface area contributed by atoms with E-state index >= 15 is 0 Å². The Labute approximate surface area is 133 Å². The van der Waals surface area contributed by atoms with E-state index in [1.165, 1.54) is 19.2 Å². The monoisotopic (exact) mass is 369 g/mol. The summed E-state index contributed by atoms with van der Waals surface area (Å²) in [6.45, 7) is 1.81. The van der Waals surface area contributed by atoms with Crippen LogP contribution < -0.4 is 9.46 Å². The molecule has 0 heterocycles. The molecule has 2 rings (SSSR count). The lowest BCUT2D eigenvalue weighted by atomic mass is 10.1. The van der Waals surface area contributed by atoms with Gasteiger partial charge < -0.3 is 4.74 Å². The lowest BCUT2D eigenvalue weighted by Crippen LogP contribution is -2.26. The topological polar surface area (TPSA) is 55.4 Å². The minimum Gasteiger partial charge on any atom is -0.497 e. The molecule has 112 valence electrons. The van der Waals surface area contributed by atoms with Crippen molar-refractivity contribution in [3.8, 4) is 5.75 Å². The molecule has 2 aromatic rings. The number of sulfonamides is 1. The van der Waals surface area contributed by atoms with Crippen molar-refractivity contribution in [2.75, 3.05) is 7.11 Å². The number of hydrogen-bond acceptors (Lipinski definition) is 3. The molecule has 4 nitrogen and oxygen atoms in total. The number of rotatable bonds is 5. The van der Waals surface area contributed by atoms with Gasteiger partial charge in [0.1, 0.15) is 5.75 Å². The van der Waals surface area contributed by atoms with E-state index in [4.69, 9.17) is 4.74 Å². The maximum Gasteiger partial charge on any atom is 0.241 e. The van der Waals surface area contributed by atoms with Crippen molar-refractivity contribution in [3.63, 3.8) is 0 Å². The van der Waals surface area contributed by atoms with E-state index in [9.17, 15) is 8.42 Å². The van der Waals surface area contributed by atoms with E-state index in [1.807, 2.05) is 31.2 Å². The molecule has 0 fully saturated rings. The maximum atomic E-state index is 12.3. The van der Waals surface area contributed by atoms with Gasteiger partial charge in [-0.1, -0.05) is 28.1 Å². The second-order valence-electron chi connectivity index (χ2n) is 4.57. The molecule has 0 saturated heterocycles. The van der Waals surface area contributed by atoms with Gasteiger partial charge in [-0.3, -0.25) is 0 Å². The van der Waals surface area contributed by atoms with Gasteiger partial charge in [-0.25, -0.2) is 13.1 Å². The van der Waals surface area contributed by atoms with E-state index in [1.54, 1.807) is 12.1 Å². The molecule has 0 spiro atoms. The fourth-order valence-corrected chi connectivity index (χ4v) is 3.55. The largest absolute Gasteiger partial charge is 0.497 e. The predicted octanol–water partition coefficient (Wildman–Crippen LogP) is 3.50. The average molecular weight is 370 g/mol. The van der Waals surface area contributed by atoms with Gasteiger partial charge in [0.15, 0.2) is 0 Å². The minimum atomic E-state index is -3.57. The van der Waals surface area contributed by atoms with Crippen LogP contribution in [0.2, 0.25) is 0 Å². The van der Waals surface area contributed by atoms with Crippen LogP contribution in [0.4, 0.5) is 0 Å². The van der Waals surface area contributed by atoms with Gasteiger partial charge in [0.2, 0.25) is 10.0 Å². The van der Waals surface area contributed by atoms with Crippen LogP contribution in [0, 0.1) is 0 Å². The van der Waals surface area contributed by atoms with E-state index in [0.29, 0.717) is 5.75 Å². The van der Waals surface area contributed by atoms with Crippen molar-refractivity contribution in [2.45, 2.75) is 17.9 Å². The smallest absolute Gasteiger partial charge is 0.241 e. The molecular formula is C15H16BrNO3S. The zero-order valence-corrected chi connectivity index (χ0v) is 14.1. The normalized spacial score (nSPS) is 12.9. The summed E-state index contributed by atoms with van der Waals surface area (Å²) < 4.78 is 33.3. The maximum absolute atomic E-state index is 12.3. The predicted molar refractivity (Wildman–Crippen MR) is 85.9 cm³/mol. The third-order valence-corrected chi connectivity index (χ3v) is 5.10. The van der Waals surface area contributed by atoms with Gasteiger partial charge in [0.05, 0.1) is 12.0 Å². The Morgan fingerprint density at radius 1 is 1.14 bits per heavy atom. The number of benzene rings is 2. The molecule has 0 aliphatic heterocycles.